The van der Waals surface area contributed by atoms with E-state index in [9.17, 15) is 13.6 Å². The molecule has 0 bridgehead atoms. The van der Waals surface area contributed by atoms with Crippen molar-refractivity contribution in [1.82, 2.24) is 0 Å². The molecule has 0 spiro atoms. The maximum atomic E-state index is 12.7. The van der Waals surface area contributed by atoms with Crippen LogP contribution in [-0.4, -0.2) is 11.1 Å². The van der Waals surface area contributed by atoms with Crippen LogP contribution in [0.15, 0.2) is 12.1 Å². The summed E-state index contributed by atoms with van der Waals surface area (Å²) in [5.74, 6) is -1.17. The SMILES string of the molecule is Cc1cc(C#N)cc(C(F)F)c1CC(=O)O. The van der Waals surface area contributed by atoms with Crippen LogP contribution >= 0.6 is 0 Å². The second-order valence-electron chi connectivity index (χ2n) is 3.34. The molecular weight excluding hydrogens is 216 g/mol. The van der Waals surface area contributed by atoms with Crippen molar-refractivity contribution in [1.29, 1.82) is 5.26 Å². The molecule has 5 heteroatoms. The summed E-state index contributed by atoms with van der Waals surface area (Å²) in [6.07, 6.45) is -3.24. The van der Waals surface area contributed by atoms with E-state index in [4.69, 9.17) is 10.4 Å². The van der Waals surface area contributed by atoms with E-state index in [2.05, 4.69) is 0 Å². The van der Waals surface area contributed by atoms with Crippen molar-refractivity contribution < 1.29 is 18.7 Å². The molecule has 1 aromatic carbocycles. The molecule has 0 heterocycles. The molecule has 16 heavy (non-hydrogen) atoms. The van der Waals surface area contributed by atoms with Gasteiger partial charge in [0, 0.05) is 5.56 Å². The molecule has 0 unspecified atom stereocenters. The second-order valence-corrected chi connectivity index (χ2v) is 3.34. The van der Waals surface area contributed by atoms with E-state index < -0.39 is 18.8 Å². The standard InChI is InChI=1S/C11H9F2NO2/c1-6-2-7(5-14)3-9(11(12)13)8(6)4-10(15)16/h2-3,11H,4H2,1H3,(H,15,16). The first kappa shape index (κ1) is 12.1. The van der Waals surface area contributed by atoms with Crippen molar-refractivity contribution in [2.45, 2.75) is 19.8 Å². The summed E-state index contributed by atoms with van der Waals surface area (Å²) in [6, 6.07) is 4.21. The first-order valence-electron chi connectivity index (χ1n) is 4.49. The van der Waals surface area contributed by atoms with Gasteiger partial charge in [-0.3, -0.25) is 4.79 Å². The van der Waals surface area contributed by atoms with Gasteiger partial charge in [0.25, 0.3) is 6.43 Å². The molecule has 1 rings (SSSR count). The molecule has 3 nitrogen and oxygen atoms in total. The van der Waals surface area contributed by atoms with Crippen LogP contribution < -0.4 is 0 Å². The maximum Gasteiger partial charge on any atom is 0.307 e. The molecule has 0 atom stereocenters. The van der Waals surface area contributed by atoms with E-state index >= 15 is 0 Å². The number of nitriles is 1. The third-order valence-corrected chi connectivity index (χ3v) is 2.20. The molecule has 0 aliphatic heterocycles. The van der Waals surface area contributed by atoms with Gasteiger partial charge in [-0.05, 0) is 30.2 Å². The molecule has 0 aromatic heterocycles. The minimum atomic E-state index is -2.78. The van der Waals surface area contributed by atoms with Crippen LogP contribution in [0.4, 0.5) is 8.78 Å². The smallest absolute Gasteiger partial charge is 0.307 e. The molecule has 1 aromatic rings. The van der Waals surface area contributed by atoms with Gasteiger partial charge in [0.1, 0.15) is 0 Å². The van der Waals surface area contributed by atoms with Gasteiger partial charge in [0.15, 0.2) is 0 Å². The molecule has 0 aliphatic rings. The van der Waals surface area contributed by atoms with Crippen LogP contribution in [-0.2, 0) is 11.2 Å². The lowest BCUT2D eigenvalue weighted by Crippen LogP contribution is -2.07. The van der Waals surface area contributed by atoms with Gasteiger partial charge in [-0.25, -0.2) is 8.78 Å². The van der Waals surface area contributed by atoms with E-state index in [1.54, 1.807) is 6.07 Å². The first-order chi connectivity index (χ1) is 7.45. The number of hydrogen-bond donors (Lipinski definition) is 1. The number of alkyl halides is 2. The number of aryl methyl sites for hydroxylation is 1. The number of carboxylic acids is 1. The quantitative estimate of drug-likeness (QED) is 0.859. The Morgan fingerprint density at radius 1 is 1.56 bits per heavy atom. The number of carbonyl (C=O) groups is 1. The molecule has 0 amide bonds. The van der Waals surface area contributed by atoms with Crippen LogP contribution in [0.3, 0.4) is 0 Å². The van der Waals surface area contributed by atoms with Crippen LogP contribution in [0.2, 0.25) is 0 Å². The zero-order chi connectivity index (χ0) is 12.3. The number of halogens is 2. The van der Waals surface area contributed by atoms with E-state index in [1.165, 1.54) is 13.0 Å². The Labute approximate surface area is 90.9 Å². The van der Waals surface area contributed by atoms with Crippen LogP contribution in [0.25, 0.3) is 0 Å². The number of hydrogen-bond acceptors (Lipinski definition) is 2. The highest BCUT2D eigenvalue weighted by molar-refractivity contribution is 5.71. The molecule has 0 aliphatic carbocycles. The Morgan fingerprint density at radius 3 is 2.62 bits per heavy atom. The van der Waals surface area contributed by atoms with Crippen molar-refractivity contribution in [2.75, 3.05) is 0 Å². The Bertz CT molecular complexity index is 464. The van der Waals surface area contributed by atoms with Crippen molar-refractivity contribution in [2.24, 2.45) is 0 Å². The normalized spacial score (nSPS) is 10.2. The fourth-order valence-electron chi connectivity index (χ4n) is 1.50. The van der Waals surface area contributed by atoms with Gasteiger partial charge in [0.2, 0.25) is 0 Å². The summed E-state index contributed by atoms with van der Waals surface area (Å²) in [6.45, 7) is 1.52. The summed E-state index contributed by atoms with van der Waals surface area (Å²) in [7, 11) is 0. The Balaban J connectivity index is 3.35. The number of benzene rings is 1. The third-order valence-electron chi connectivity index (χ3n) is 2.20. The zero-order valence-electron chi connectivity index (χ0n) is 8.50. The fraction of sp³-hybridized carbons (Fsp3) is 0.273. The fourth-order valence-corrected chi connectivity index (χ4v) is 1.50. The van der Waals surface area contributed by atoms with Gasteiger partial charge >= 0.3 is 5.97 Å². The molecule has 0 saturated carbocycles. The van der Waals surface area contributed by atoms with Crippen LogP contribution in [0.5, 0.6) is 0 Å². The van der Waals surface area contributed by atoms with Crippen LogP contribution in [0, 0.1) is 18.3 Å². The highest BCUT2D eigenvalue weighted by atomic mass is 19.3. The minimum absolute atomic E-state index is 0.0847. The lowest BCUT2D eigenvalue weighted by atomic mass is 9.96. The number of aliphatic carboxylic acids is 1. The Kier molecular flexibility index (Phi) is 3.56. The van der Waals surface area contributed by atoms with E-state index in [0.29, 0.717) is 5.56 Å². The Morgan fingerprint density at radius 2 is 2.19 bits per heavy atom. The largest absolute Gasteiger partial charge is 0.481 e. The summed E-state index contributed by atoms with van der Waals surface area (Å²) < 4.78 is 25.3. The Hall–Kier alpha value is -1.96. The summed E-state index contributed by atoms with van der Waals surface area (Å²) >= 11 is 0. The molecule has 84 valence electrons. The minimum Gasteiger partial charge on any atom is -0.481 e. The average molecular weight is 225 g/mol. The van der Waals surface area contributed by atoms with E-state index in [-0.39, 0.29) is 16.7 Å². The highest BCUT2D eigenvalue weighted by Gasteiger charge is 2.18. The maximum absolute atomic E-state index is 12.7. The third kappa shape index (κ3) is 2.54. The van der Waals surface area contributed by atoms with Crippen molar-refractivity contribution >= 4 is 5.97 Å². The molecular formula is C11H9F2NO2. The lowest BCUT2D eigenvalue weighted by molar-refractivity contribution is -0.136. The van der Waals surface area contributed by atoms with Gasteiger partial charge in [0.05, 0.1) is 18.1 Å². The number of carboxylic acid groups (broad SMARTS) is 1. The van der Waals surface area contributed by atoms with Crippen molar-refractivity contribution in [3.63, 3.8) is 0 Å². The van der Waals surface area contributed by atoms with Crippen molar-refractivity contribution in [3.05, 3.63) is 34.4 Å². The predicted octanol–water partition coefficient (Wildman–Crippen LogP) is 2.43. The lowest BCUT2D eigenvalue weighted by Gasteiger charge is -2.10. The van der Waals surface area contributed by atoms with Gasteiger partial charge in [-0.15, -0.1) is 0 Å². The molecule has 0 fully saturated rings. The van der Waals surface area contributed by atoms with Gasteiger partial charge in [-0.1, -0.05) is 0 Å². The monoisotopic (exact) mass is 225 g/mol. The van der Waals surface area contributed by atoms with Crippen molar-refractivity contribution in [3.8, 4) is 6.07 Å². The summed E-state index contributed by atoms with van der Waals surface area (Å²) in [4.78, 5) is 10.5. The number of rotatable bonds is 3. The first-order valence-corrected chi connectivity index (χ1v) is 4.49. The second kappa shape index (κ2) is 4.71. The zero-order valence-corrected chi connectivity index (χ0v) is 8.50. The van der Waals surface area contributed by atoms with Gasteiger partial charge < -0.3 is 5.11 Å². The summed E-state index contributed by atoms with van der Waals surface area (Å²) in [5, 5.41) is 17.2. The summed E-state index contributed by atoms with van der Waals surface area (Å²) in [5.41, 5.74) is 0.221. The molecule has 0 radical (unpaired) electrons. The van der Waals surface area contributed by atoms with Crippen LogP contribution in [0.1, 0.15) is 28.7 Å². The van der Waals surface area contributed by atoms with E-state index in [0.717, 1.165) is 6.07 Å². The average Bonchev–Trinajstić information content (AvgIpc) is 2.19. The van der Waals surface area contributed by atoms with Gasteiger partial charge in [-0.2, -0.15) is 5.26 Å². The molecule has 0 saturated heterocycles. The highest BCUT2D eigenvalue weighted by Crippen LogP contribution is 2.27. The topological polar surface area (TPSA) is 61.1 Å². The molecule has 1 N–H and O–H groups in total. The van der Waals surface area contributed by atoms with E-state index in [1.807, 2.05) is 0 Å². The number of nitrogens with zero attached hydrogens (tertiary/aromatic N) is 1. The predicted molar refractivity (Wildman–Crippen MR) is 52.2 cm³/mol.